The molecular weight excluding hydrogens is 366 g/mol. The molecule has 1 amide bonds. The zero-order valence-corrected chi connectivity index (χ0v) is 16.9. The van der Waals surface area contributed by atoms with Crippen molar-refractivity contribution < 1.29 is 17.7 Å². The van der Waals surface area contributed by atoms with E-state index in [0.717, 1.165) is 35.4 Å². The van der Waals surface area contributed by atoms with Crippen LogP contribution in [0, 0.1) is 13.8 Å². The van der Waals surface area contributed by atoms with Crippen LogP contribution in [0.4, 0.5) is 5.69 Å². The molecule has 1 aliphatic heterocycles. The van der Waals surface area contributed by atoms with Crippen molar-refractivity contribution in [2.75, 3.05) is 11.9 Å². The molecule has 0 saturated carbocycles. The zero-order valence-electron chi connectivity index (χ0n) is 16.1. The van der Waals surface area contributed by atoms with Crippen LogP contribution in [0.1, 0.15) is 55.3 Å². The summed E-state index contributed by atoms with van der Waals surface area (Å²) in [6, 6.07) is 4.72. The number of carbonyl (C=O) groups excluding carboxylic acids is 1. The Balaban J connectivity index is 2.08. The van der Waals surface area contributed by atoms with Crippen molar-refractivity contribution in [2.45, 2.75) is 57.9 Å². The lowest BCUT2D eigenvalue weighted by Gasteiger charge is -2.25. The highest BCUT2D eigenvalue weighted by Gasteiger charge is 2.40. The highest BCUT2D eigenvalue weighted by atomic mass is 32.2. The van der Waals surface area contributed by atoms with Gasteiger partial charge in [0.25, 0.3) is 0 Å². The predicted molar refractivity (Wildman–Crippen MR) is 102 cm³/mol. The van der Waals surface area contributed by atoms with Crippen LogP contribution in [0.15, 0.2) is 27.6 Å². The number of hydrogen-bond acceptors (Lipinski definition) is 5. The number of rotatable bonds is 5. The standard InChI is InChI=1S/C19H25N3O4S/c1-5-17-19(13(3)21-26-17)16-7-6-10-22(16)27(24,25)18-11-12(2)8-9-15(18)20-14(4)23/h8-9,11,16H,5-7,10H2,1-4H3,(H,20,23)/t16-/m1/s1. The van der Waals surface area contributed by atoms with Crippen LogP contribution in [-0.2, 0) is 21.2 Å². The first-order valence-electron chi connectivity index (χ1n) is 9.10. The molecule has 0 bridgehead atoms. The van der Waals surface area contributed by atoms with Crippen molar-refractivity contribution in [1.29, 1.82) is 0 Å². The van der Waals surface area contributed by atoms with E-state index in [4.69, 9.17) is 4.52 Å². The van der Waals surface area contributed by atoms with Gasteiger partial charge in [0.15, 0.2) is 0 Å². The van der Waals surface area contributed by atoms with Crippen molar-refractivity contribution in [3.63, 3.8) is 0 Å². The normalized spacial score (nSPS) is 18.0. The first kappa shape index (κ1) is 19.6. The topological polar surface area (TPSA) is 92.5 Å². The molecule has 1 aromatic carbocycles. The first-order chi connectivity index (χ1) is 12.8. The molecule has 3 rings (SSSR count). The summed E-state index contributed by atoms with van der Waals surface area (Å²) in [4.78, 5) is 11.7. The predicted octanol–water partition coefficient (Wildman–Crippen LogP) is 3.34. The molecule has 2 heterocycles. The van der Waals surface area contributed by atoms with Gasteiger partial charge in [0, 0.05) is 25.5 Å². The SMILES string of the molecule is CCc1onc(C)c1[C@H]1CCCN1S(=O)(=O)c1cc(C)ccc1NC(C)=O. The van der Waals surface area contributed by atoms with E-state index < -0.39 is 10.0 Å². The first-order valence-corrected chi connectivity index (χ1v) is 10.5. The van der Waals surface area contributed by atoms with E-state index >= 15 is 0 Å². The summed E-state index contributed by atoms with van der Waals surface area (Å²) < 4.78 is 34.0. The number of aryl methyl sites for hydroxylation is 3. The van der Waals surface area contributed by atoms with E-state index in [1.807, 2.05) is 20.8 Å². The number of nitrogens with zero attached hydrogens (tertiary/aromatic N) is 2. The van der Waals surface area contributed by atoms with Gasteiger partial charge in [-0.1, -0.05) is 18.1 Å². The summed E-state index contributed by atoms with van der Waals surface area (Å²) in [5.41, 5.74) is 2.71. The summed E-state index contributed by atoms with van der Waals surface area (Å²) in [5.74, 6) is 0.419. The van der Waals surface area contributed by atoms with Crippen molar-refractivity contribution in [1.82, 2.24) is 9.46 Å². The van der Waals surface area contributed by atoms with Gasteiger partial charge >= 0.3 is 0 Å². The average Bonchev–Trinajstić information content (AvgIpc) is 3.22. The van der Waals surface area contributed by atoms with Gasteiger partial charge < -0.3 is 9.84 Å². The summed E-state index contributed by atoms with van der Waals surface area (Å²) in [6.45, 7) is 7.43. The molecule has 0 unspecified atom stereocenters. The Morgan fingerprint density at radius 2 is 2.11 bits per heavy atom. The number of carbonyl (C=O) groups is 1. The second kappa shape index (κ2) is 7.44. The molecule has 7 nitrogen and oxygen atoms in total. The molecule has 1 aliphatic rings. The third kappa shape index (κ3) is 3.64. The zero-order chi connectivity index (χ0) is 19.8. The van der Waals surface area contributed by atoms with Crippen molar-refractivity contribution in [2.24, 2.45) is 0 Å². The van der Waals surface area contributed by atoms with Gasteiger partial charge in [0.2, 0.25) is 15.9 Å². The Hall–Kier alpha value is -2.19. The molecule has 1 fully saturated rings. The number of sulfonamides is 1. The van der Waals surface area contributed by atoms with Gasteiger partial charge in [0.1, 0.15) is 10.7 Å². The van der Waals surface area contributed by atoms with Gasteiger partial charge in [-0.2, -0.15) is 4.31 Å². The van der Waals surface area contributed by atoms with E-state index in [9.17, 15) is 13.2 Å². The van der Waals surface area contributed by atoms with Crippen molar-refractivity contribution >= 4 is 21.6 Å². The second-order valence-electron chi connectivity index (χ2n) is 6.91. The van der Waals surface area contributed by atoms with Crippen LogP contribution in [0.25, 0.3) is 0 Å². The van der Waals surface area contributed by atoms with Gasteiger partial charge in [-0.15, -0.1) is 0 Å². The van der Waals surface area contributed by atoms with Crippen LogP contribution in [0.3, 0.4) is 0 Å². The Kier molecular flexibility index (Phi) is 5.39. The highest BCUT2D eigenvalue weighted by molar-refractivity contribution is 7.89. The maximum Gasteiger partial charge on any atom is 0.245 e. The largest absolute Gasteiger partial charge is 0.361 e. The number of aromatic nitrogens is 1. The quantitative estimate of drug-likeness (QED) is 0.844. The fraction of sp³-hybridized carbons (Fsp3) is 0.474. The van der Waals surface area contributed by atoms with Gasteiger partial charge in [-0.05, 0) is 44.4 Å². The highest BCUT2D eigenvalue weighted by Crippen LogP contribution is 2.40. The molecule has 1 aromatic heterocycles. The average molecular weight is 391 g/mol. The van der Waals surface area contributed by atoms with Crippen LogP contribution in [-0.4, -0.2) is 30.3 Å². The summed E-state index contributed by atoms with van der Waals surface area (Å²) in [6.07, 6.45) is 2.14. The van der Waals surface area contributed by atoms with E-state index in [1.54, 1.807) is 18.2 Å². The lowest BCUT2D eigenvalue weighted by Crippen LogP contribution is -2.32. The van der Waals surface area contributed by atoms with Crippen LogP contribution < -0.4 is 5.32 Å². The molecule has 146 valence electrons. The number of anilines is 1. The Labute approximate surface area is 159 Å². The van der Waals surface area contributed by atoms with Crippen LogP contribution >= 0.6 is 0 Å². The van der Waals surface area contributed by atoms with E-state index in [0.29, 0.717) is 18.7 Å². The molecule has 27 heavy (non-hydrogen) atoms. The third-order valence-corrected chi connectivity index (χ3v) is 6.82. The monoisotopic (exact) mass is 391 g/mol. The second-order valence-corrected chi connectivity index (χ2v) is 8.77. The van der Waals surface area contributed by atoms with Crippen molar-refractivity contribution in [3.8, 4) is 0 Å². The molecular formula is C19H25N3O4S. The minimum atomic E-state index is -3.81. The number of nitrogens with one attached hydrogen (secondary N) is 1. The fourth-order valence-electron chi connectivity index (χ4n) is 3.68. The van der Waals surface area contributed by atoms with Crippen LogP contribution in [0.5, 0.6) is 0 Å². The molecule has 1 atom stereocenters. The van der Waals surface area contributed by atoms with Gasteiger partial charge in [-0.25, -0.2) is 8.42 Å². The Bertz CT molecular complexity index is 965. The van der Waals surface area contributed by atoms with E-state index in [1.165, 1.54) is 11.2 Å². The summed E-state index contributed by atoms with van der Waals surface area (Å²) >= 11 is 0. The lowest BCUT2D eigenvalue weighted by atomic mass is 10.0. The summed E-state index contributed by atoms with van der Waals surface area (Å²) in [5, 5.41) is 6.68. The molecule has 2 aromatic rings. The van der Waals surface area contributed by atoms with Gasteiger partial charge in [0.05, 0.1) is 17.4 Å². The Morgan fingerprint density at radius 1 is 1.37 bits per heavy atom. The molecule has 1 N–H and O–H groups in total. The number of hydrogen-bond donors (Lipinski definition) is 1. The number of amides is 1. The number of benzene rings is 1. The minimum Gasteiger partial charge on any atom is -0.361 e. The smallest absolute Gasteiger partial charge is 0.245 e. The van der Waals surface area contributed by atoms with E-state index in [-0.39, 0.29) is 16.8 Å². The minimum absolute atomic E-state index is 0.122. The lowest BCUT2D eigenvalue weighted by molar-refractivity contribution is -0.114. The summed E-state index contributed by atoms with van der Waals surface area (Å²) in [7, 11) is -3.81. The maximum absolute atomic E-state index is 13.5. The van der Waals surface area contributed by atoms with Gasteiger partial charge in [-0.3, -0.25) is 4.79 Å². The Morgan fingerprint density at radius 3 is 2.78 bits per heavy atom. The van der Waals surface area contributed by atoms with Crippen molar-refractivity contribution in [3.05, 3.63) is 40.8 Å². The third-order valence-electron chi connectivity index (χ3n) is 4.88. The van der Waals surface area contributed by atoms with Crippen LogP contribution in [0.2, 0.25) is 0 Å². The molecule has 1 saturated heterocycles. The molecule has 8 heteroatoms. The molecule has 0 aliphatic carbocycles. The fourth-order valence-corrected chi connectivity index (χ4v) is 5.58. The molecule has 0 radical (unpaired) electrons. The maximum atomic E-state index is 13.5. The molecule has 0 spiro atoms. The van der Waals surface area contributed by atoms with E-state index in [2.05, 4.69) is 10.5 Å².